The number of pyridine rings is 1. The molecule has 0 saturated carbocycles. The minimum atomic E-state index is -0.0810. The summed E-state index contributed by atoms with van der Waals surface area (Å²) in [5.41, 5.74) is 3.60. The number of benzene rings is 2. The quantitative estimate of drug-likeness (QED) is 0.535. The Balaban J connectivity index is 1.95. The van der Waals surface area contributed by atoms with Gasteiger partial charge in [-0.15, -0.1) is 0 Å². The third kappa shape index (κ3) is 1.89. The van der Waals surface area contributed by atoms with Crippen molar-refractivity contribution in [3.8, 4) is 5.69 Å². The summed E-state index contributed by atoms with van der Waals surface area (Å²) in [5, 5.41) is 6.01. The summed E-state index contributed by atoms with van der Waals surface area (Å²) in [4.78, 5) is 17.4. The third-order valence-corrected chi connectivity index (χ3v) is 4.80. The molecule has 3 heterocycles. The van der Waals surface area contributed by atoms with Gasteiger partial charge in [0.25, 0.3) is 5.56 Å². The summed E-state index contributed by atoms with van der Waals surface area (Å²) >= 11 is 0. The van der Waals surface area contributed by atoms with Crippen molar-refractivity contribution in [2.24, 2.45) is 0 Å². The third-order valence-electron chi connectivity index (χ3n) is 4.80. The average Bonchev–Trinajstić information content (AvgIpc) is 3.23. The number of para-hydroxylation sites is 1. The van der Waals surface area contributed by atoms with Crippen LogP contribution in [-0.2, 0) is 6.54 Å². The van der Waals surface area contributed by atoms with E-state index < -0.39 is 0 Å². The maximum absolute atomic E-state index is 12.9. The molecule has 0 fully saturated rings. The average molecular weight is 328 g/mol. The number of nitrogens with one attached hydrogen (secondary N) is 1. The fourth-order valence-electron chi connectivity index (χ4n) is 3.56. The topological polar surface area (TPSA) is 55.6 Å². The minimum Gasteiger partial charge on any atom is -0.348 e. The number of hydrogen-bond donors (Lipinski definition) is 1. The second-order valence-electron chi connectivity index (χ2n) is 6.13. The predicted molar refractivity (Wildman–Crippen MR) is 100 cm³/mol. The van der Waals surface area contributed by atoms with Crippen LogP contribution in [0.25, 0.3) is 38.4 Å². The Hall–Kier alpha value is -3.34. The molecule has 5 nitrogen and oxygen atoms in total. The van der Waals surface area contributed by atoms with Gasteiger partial charge in [0.2, 0.25) is 0 Å². The maximum Gasteiger partial charge on any atom is 0.280 e. The molecule has 3 aromatic heterocycles. The fourth-order valence-corrected chi connectivity index (χ4v) is 3.56. The summed E-state index contributed by atoms with van der Waals surface area (Å²) < 4.78 is 3.78. The Morgan fingerprint density at radius 2 is 1.88 bits per heavy atom. The van der Waals surface area contributed by atoms with Crippen molar-refractivity contribution in [2.45, 2.75) is 13.5 Å². The van der Waals surface area contributed by atoms with Gasteiger partial charge in [-0.25, -0.2) is 4.68 Å². The molecule has 0 radical (unpaired) electrons. The van der Waals surface area contributed by atoms with Gasteiger partial charge in [0.1, 0.15) is 0 Å². The molecule has 25 heavy (non-hydrogen) atoms. The summed E-state index contributed by atoms with van der Waals surface area (Å²) in [6, 6.07) is 15.8. The lowest BCUT2D eigenvalue weighted by molar-refractivity contribution is 0.798. The first-order valence-corrected chi connectivity index (χ1v) is 8.34. The molecule has 5 heteroatoms. The molecular formula is C20H16N4O. The number of aryl methyl sites for hydroxylation is 1. The number of fused-ring (bicyclic) bond motifs is 5. The molecule has 0 spiro atoms. The van der Waals surface area contributed by atoms with Gasteiger partial charge in [-0.2, -0.15) is 0 Å². The van der Waals surface area contributed by atoms with E-state index in [1.54, 1.807) is 10.9 Å². The summed E-state index contributed by atoms with van der Waals surface area (Å²) in [6.07, 6.45) is 3.74. The second-order valence-corrected chi connectivity index (χ2v) is 6.13. The van der Waals surface area contributed by atoms with E-state index >= 15 is 0 Å². The van der Waals surface area contributed by atoms with E-state index in [-0.39, 0.29) is 5.56 Å². The highest BCUT2D eigenvalue weighted by molar-refractivity contribution is 6.16. The van der Waals surface area contributed by atoms with Crippen LogP contribution in [0.3, 0.4) is 0 Å². The number of aromatic amines is 1. The molecule has 0 unspecified atom stereocenters. The van der Waals surface area contributed by atoms with Crippen molar-refractivity contribution >= 4 is 32.7 Å². The lowest BCUT2D eigenvalue weighted by Crippen LogP contribution is -2.13. The lowest BCUT2D eigenvalue weighted by atomic mass is 10.1. The smallest absolute Gasteiger partial charge is 0.280 e. The molecule has 1 N–H and O–H groups in total. The monoisotopic (exact) mass is 328 g/mol. The van der Waals surface area contributed by atoms with Crippen LogP contribution in [0.15, 0.2) is 65.7 Å². The van der Waals surface area contributed by atoms with E-state index in [9.17, 15) is 4.79 Å². The predicted octanol–water partition coefficient (Wildman–Crippen LogP) is 3.84. The molecule has 0 atom stereocenters. The summed E-state index contributed by atoms with van der Waals surface area (Å²) in [7, 11) is 0. The Bertz CT molecular complexity index is 1290. The first kappa shape index (κ1) is 14.0. The van der Waals surface area contributed by atoms with Crippen molar-refractivity contribution in [3.05, 3.63) is 71.3 Å². The molecule has 0 aliphatic rings. The van der Waals surface area contributed by atoms with E-state index in [4.69, 9.17) is 0 Å². The van der Waals surface area contributed by atoms with Gasteiger partial charge in [-0.05, 0) is 37.3 Å². The summed E-state index contributed by atoms with van der Waals surface area (Å²) in [5.74, 6) is 0. The van der Waals surface area contributed by atoms with Crippen molar-refractivity contribution < 1.29 is 0 Å². The minimum absolute atomic E-state index is 0.0810. The second kappa shape index (κ2) is 5.08. The van der Waals surface area contributed by atoms with Gasteiger partial charge >= 0.3 is 0 Å². The molecule has 5 rings (SSSR count). The van der Waals surface area contributed by atoms with Crippen LogP contribution in [0.5, 0.6) is 0 Å². The molecule has 0 saturated heterocycles. The van der Waals surface area contributed by atoms with Gasteiger partial charge in [0.05, 0.1) is 22.1 Å². The fraction of sp³-hybridized carbons (Fsp3) is 0.100. The van der Waals surface area contributed by atoms with E-state index in [1.807, 2.05) is 36.4 Å². The molecule has 0 bridgehead atoms. The number of rotatable bonds is 2. The van der Waals surface area contributed by atoms with Crippen molar-refractivity contribution in [2.75, 3.05) is 0 Å². The normalized spacial score (nSPS) is 11.7. The highest BCUT2D eigenvalue weighted by Crippen LogP contribution is 2.29. The standard InChI is InChI=1S/C20H16N4O/c1-2-23-11-10-14-17(23)9-8-16-18(14)19-15(12-21-16)20(25)24(22-19)13-6-4-3-5-7-13/h3-12,22H,2H2,1H3. The van der Waals surface area contributed by atoms with Crippen molar-refractivity contribution in [1.29, 1.82) is 0 Å². The van der Waals surface area contributed by atoms with Crippen LogP contribution in [-0.4, -0.2) is 19.3 Å². The van der Waals surface area contributed by atoms with Crippen LogP contribution in [0.1, 0.15) is 6.92 Å². The largest absolute Gasteiger partial charge is 0.348 e. The van der Waals surface area contributed by atoms with Crippen molar-refractivity contribution in [1.82, 2.24) is 19.3 Å². The zero-order valence-electron chi connectivity index (χ0n) is 13.7. The Morgan fingerprint density at radius 3 is 2.68 bits per heavy atom. The lowest BCUT2D eigenvalue weighted by Gasteiger charge is -2.04. The van der Waals surface area contributed by atoms with Crippen LogP contribution in [0, 0.1) is 0 Å². The van der Waals surface area contributed by atoms with Crippen LogP contribution in [0.4, 0.5) is 0 Å². The van der Waals surface area contributed by atoms with Gasteiger partial charge in [-0.1, -0.05) is 18.2 Å². The molecule has 0 amide bonds. The Kier molecular flexibility index (Phi) is 2.85. The highest BCUT2D eigenvalue weighted by Gasteiger charge is 2.15. The molecule has 0 aliphatic carbocycles. The molecule has 0 aliphatic heterocycles. The zero-order valence-corrected chi connectivity index (χ0v) is 13.7. The van der Waals surface area contributed by atoms with Gasteiger partial charge in [0.15, 0.2) is 0 Å². The number of aromatic nitrogens is 4. The number of hydrogen-bond acceptors (Lipinski definition) is 2. The maximum atomic E-state index is 12.9. The van der Waals surface area contributed by atoms with E-state index in [0.717, 1.165) is 39.6 Å². The number of nitrogens with zero attached hydrogens (tertiary/aromatic N) is 3. The van der Waals surface area contributed by atoms with E-state index in [2.05, 4.69) is 39.9 Å². The number of H-pyrrole nitrogens is 1. The van der Waals surface area contributed by atoms with Gasteiger partial charge < -0.3 is 4.57 Å². The zero-order chi connectivity index (χ0) is 17.0. The molecule has 122 valence electrons. The van der Waals surface area contributed by atoms with Crippen molar-refractivity contribution in [3.63, 3.8) is 0 Å². The molecular weight excluding hydrogens is 312 g/mol. The SMILES string of the molecule is CCn1ccc2c3c(ccc21)ncc1c(=O)n(-c2ccccc2)[nH]c13. The first-order chi connectivity index (χ1) is 12.3. The van der Waals surface area contributed by atoms with Crippen LogP contribution >= 0.6 is 0 Å². The highest BCUT2D eigenvalue weighted by atomic mass is 16.1. The van der Waals surface area contributed by atoms with Crippen LogP contribution < -0.4 is 5.56 Å². The molecule has 5 aromatic rings. The van der Waals surface area contributed by atoms with Crippen LogP contribution in [0.2, 0.25) is 0 Å². The molecule has 2 aromatic carbocycles. The van der Waals surface area contributed by atoms with E-state index in [0.29, 0.717) is 5.39 Å². The Morgan fingerprint density at radius 1 is 1.04 bits per heavy atom. The first-order valence-electron chi connectivity index (χ1n) is 8.34. The van der Waals surface area contributed by atoms with E-state index in [1.165, 1.54) is 0 Å². The van der Waals surface area contributed by atoms with Gasteiger partial charge in [0, 0.05) is 35.2 Å². The Labute approximate surface area is 143 Å². The summed E-state index contributed by atoms with van der Waals surface area (Å²) in [6.45, 7) is 3.02. The van der Waals surface area contributed by atoms with Gasteiger partial charge in [-0.3, -0.25) is 14.9 Å².